The molecule has 2 heterocycles. The second kappa shape index (κ2) is 10.1. The molecule has 1 unspecified atom stereocenters. The summed E-state index contributed by atoms with van der Waals surface area (Å²) in [6.07, 6.45) is 5.56. The predicted molar refractivity (Wildman–Crippen MR) is 119 cm³/mol. The zero-order valence-corrected chi connectivity index (χ0v) is 18.6. The number of carbonyl (C=O) groups excluding carboxylic acids is 2. The van der Waals surface area contributed by atoms with Crippen LogP contribution in [-0.2, 0) is 20.7 Å². The molecular weight excluding hydrogens is 378 g/mol. The van der Waals surface area contributed by atoms with E-state index < -0.39 is 6.04 Å². The van der Waals surface area contributed by atoms with Crippen LogP contribution in [0.4, 0.5) is 0 Å². The molecule has 2 amide bonds. The van der Waals surface area contributed by atoms with Crippen molar-refractivity contribution in [2.75, 3.05) is 20.7 Å². The van der Waals surface area contributed by atoms with Crippen LogP contribution in [0.1, 0.15) is 45.1 Å². The van der Waals surface area contributed by atoms with Crippen molar-refractivity contribution in [2.24, 2.45) is 11.8 Å². The number of nitrogens with zero attached hydrogens (tertiary/aromatic N) is 1. The second-order valence-electron chi connectivity index (χ2n) is 8.88. The zero-order chi connectivity index (χ0) is 21.7. The molecule has 0 radical (unpaired) electrons. The molecule has 0 bridgehead atoms. The molecule has 0 aliphatic carbocycles. The molecule has 164 valence electrons. The van der Waals surface area contributed by atoms with Crippen molar-refractivity contribution in [3.8, 4) is 0 Å². The molecule has 4 atom stereocenters. The lowest BCUT2D eigenvalue weighted by Gasteiger charge is -2.26. The molecule has 2 N–H and O–H groups in total. The van der Waals surface area contributed by atoms with Gasteiger partial charge in [0.15, 0.2) is 0 Å². The predicted octanol–water partition coefficient (Wildman–Crippen LogP) is 3.51. The van der Waals surface area contributed by atoms with Gasteiger partial charge in [0.05, 0.1) is 12.5 Å². The van der Waals surface area contributed by atoms with Crippen molar-refractivity contribution < 1.29 is 14.3 Å². The maximum Gasteiger partial charge on any atom is 0.245 e. The number of amides is 2. The van der Waals surface area contributed by atoms with Gasteiger partial charge >= 0.3 is 0 Å². The first kappa shape index (κ1) is 22.3. The van der Waals surface area contributed by atoms with E-state index in [0.717, 1.165) is 35.7 Å². The van der Waals surface area contributed by atoms with Gasteiger partial charge in [-0.25, -0.2) is 0 Å². The smallest absolute Gasteiger partial charge is 0.245 e. The van der Waals surface area contributed by atoms with Gasteiger partial charge in [0.2, 0.25) is 11.8 Å². The van der Waals surface area contributed by atoms with Crippen molar-refractivity contribution in [2.45, 2.75) is 58.1 Å². The van der Waals surface area contributed by atoms with Crippen LogP contribution >= 0.6 is 0 Å². The molecule has 1 aromatic carbocycles. The normalized spacial score (nSPS) is 27.3. The highest BCUT2D eigenvalue weighted by Crippen LogP contribution is 2.24. The molecule has 30 heavy (non-hydrogen) atoms. The Bertz CT molecular complexity index is 862. The van der Waals surface area contributed by atoms with Gasteiger partial charge in [0, 0.05) is 44.2 Å². The number of H-pyrrole nitrogens is 1. The SMILES string of the molecule is CO[C@@H]1CC(=O)N[C@@H](Cc2c[nH]c3ccccc23)C(=O)N(C)CCCC(C)C[C@H]1C. The summed E-state index contributed by atoms with van der Waals surface area (Å²) in [7, 11) is 3.50. The number of hydrogen-bond acceptors (Lipinski definition) is 3. The van der Waals surface area contributed by atoms with Gasteiger partial charge in [-0.05, 0) is 42.7 Å². The summed E-state index contributed by atoms with van der Waals surface area (Å²) >= 11 is 0. The maximum atomic E-state index is 13.2. The number of fused-ring (bicyclic) bond motifs is 1. The topological polar surface area (TPSA) is 74.4 Å². The number of aromatic amines is 1. The standard InChI is InChI=1S/C24H35N3O3/c1-16-8-7-11-27(3)24(29)21(26-23(28)14-22(30-4)17(2)12-16)13-18-15-25-20-10-6-5-9-19(18)20/h5-6,9-10,15-17,21-22,25H,7-8,11-14H2,1-4H3,(H,26,28)/t16?,17-,21+,22-/m1/s1. The van der Waals surface area contributed by atoms with Crippen LogP contribution < -0.4 is 5.32 Å². The van der Waals surface area contributed by atoms with E-state index in [-0.39, 0.29) is 30.3 Å². The number of likely N-dealkylation sites (N-methyl/N-ethyl adjacent to an activating group) is 1. The van der Waals surface area contributed by atoms with Gasteiger partial charge in [-0.1, -0.05) is 32.0 Å². The van der Waals surface area contributed by atoms with Crippen LogP contribution in [0.15, 0.2) is 30.5 Å². The van der Waals surface area contributed by atoms with Gasteiger partial charge in [0.1, 0.15) is 6.04 Å². The van der Waals surface area contributed by atoms with Crippen LogP contribution in [0.25, 0.3) is 10.9 Å². The Balaban J connectivity index is 1.83. The van der Waals surface area contributed by atoms with Gasteiger partial charge in [0.25, 0.3) is 0 Å². The Morgan fingerprint density at radius 2 is 1.97 bits per heavy atom. The third kappa shape index (κ3) is 5.42. The zero-order valence-electron chi connectivity index (χ0n) is 18.6. The Kier molecular flexibility index (Phi) is 7.53. The van der Waals surface area contributed by atoms with E-state index >= 15 is 0 Å². The average Bonchev–Trinajstić information content (AvgIpc) is 3.13. The Hall–Kier alpha value is -2.34. The number of ether oxygens (including phenoxy) is 1. The Labute approximate surface area is 179 Å². The Morgan fingerprint density at radius 3 is 2.73 bits per heavy atom. The van der Waals surface area contributed by atoms with Gasteiger partial charge < -0.3 is 19.9 Å². The fraction of sp³-hybridized carbons (Fsp3) is 0.583. The fourth-order valence-corrected chi connectivity index (χ4v) is 4.63. The van der Waals surface area contributed by atoms with E-state index in [2.05, 4.69) is 24.1 Å². The summed E-state index contributed by atoms with van der Waals surface area (Å²) in [5.41, 5.74) is 2.07. The van der Waals surface area contributed by atoms with E-state index in [1.54, 1.807) is 12.0 Å². The van der Waals surface area contributed by atoms with E-state index in [1.165, 1.54) is 0 Å². The first-order chi connectivity index (χ1) is 14.4. The van der Waals surface area contributed by atoms with Crippen LogP contribution in [0.5, 0.6) is 0 Å². The average molecular weight is 414 g/mol. The molecule has 1 fully saturated rings. The van der Waals surface area contributed by atoms with Crippen LogP contribution in [0, 0.1) is 11.8 Å². The van der Waals surface area contributed by atoms with Crippen LogP contribution in [0.3, 0.4) is 0 Å². The molecule has 1 aliphatic rings. The summed E-state index contributed by atoms with van der Waals surface area (Å²) in [5.74, 6) is 0.652. The van der Waals surface area contributed by atoms with E-state index in [4.69, 9.17) is 4.74 Å². The van der Waals surface area contributed by atoms with Crippen LogP contribution in [0.2, 0.25) is 0 Å². The second-order valence-corrected chi connectivity index (χ2v) is 8.88. The van der Waals surface area contributed by atoms with Crippen molar-refractivity contribution in [1.29, 1.82) is 0 Å². The lowest BCUT2D eigenvalue weighted by Crippen LogP contribution is -2.49. The van der Waals surface area contributed by atoms with Gasteiger partial charge in [-0.3, -0.25) is 9.59 Å². The van der Waals surface area contributed by atoms with Crippen LogP contribution in [-0.4, -0.2) is 54.5 Å². The summed E-state index contributed by atoms with van der Waals surface area (Å²) in [4.78, 5) is 31.1. The molecule has 1 aromatic heterocycles. The highest BCUT2D eigenvalue weighted by Gasteiger charge is 2.29. The van der Waals surface area contributed by atoms with E-state index in [9.17, 15) is 9.59 Å². The summed E-state index contributed by atoms with van der Waals surface area (Å²) in [5, 5.41) is 4.10. The number of methoxy groups -OCH3 is 1. The van der Waals surface area contributed by atoms with E-state index in [0.29, 0.717) is 18.9 Å². The maximum absolute atomic E-state index is 13.2. The first-order valence-corrected chi connectivity index (χ1v) is 11.0. The minimum Gasteiger partial charge on any atom is -0.381 e. The molecule has 1 aliphatic heterocycles. The number of benzene rings is 1. The monoisotopic (exact) mass is 413 g/mol. The number of hydrogen-bond donors (Lipinski definition) is 2. The molecule has 6 nitrogen and oxygen atoms in total. The third-order valence-electron chi connectivity index (χ3n) is 6.40. The molecule has 2 aromatic rings. The number of para-hydroxylation sites is 1. The minimum absolute atomic E-state index is 0.0393. The summed E-state index contributed by atoms with van der Waals surface area (Å²) in [6.45, 7) is 5.09. The summed E-state index contributed by atoms with van der Waals surface area (Å²) < 4.78 is 5.64. The van der Waals surface area contributed by atoms with Crippen molar-refractivity contribution in [3.63, 3.8) is 0 Å². The molecule has 0 saturated carbocycles. The molecule has 0 spiro atoms. The fourth-order valence-electron chi connectivity index (χ4n) is 4.63. The Morgan fingerprint density at radius 1 is 1.20 bits per heavy atom. The van der Waals surface area contributed by atoms with Crippen molar-refractivity contribution in [1.82, 2.24) is 15.2 Å². The molecule has 1 saturated heterocycles. The first-order valence-electron chi connectivity index (χ1n) is 11.0. The minimum atomic E-state index is -0.590. The van der Waals surface area contributed by atoms with Crippen molar-refractivity contribution >= 4 is 22.7 Å². The quantitative estimate of drug-likeness (QED) is 0.809. The molecular formula is C24H35N3O3. The van der Waals surface area contributed by atoms with Crippen molar-refractivity contribution in [3.05, 3.63) is 36.0 Å². The molecule has 6 heteroatoms. The highest BCUT2D eigenvalue weighted by atomic mass is 16.5. The summed E-state index contributed by atoms with van der Waals surface area (Å²) in [6, 6.07) is 7.44. The van der Waals surface area contributed by atoms with Gasteiger partial charge in [-0.15, -0.1) is 0 Å². The van der Waals surface area contributed by atoms with Gasteiger partial charge in [-0.2, -0.15) is 0 Å². The lowest BCUT2D eigenvalue weighted by atomic mass is 9.88. The third-order valence-corrected chi connectivity index (χ3v) is 6.40. The lowest BCUT2D eigenvalue weighted by molar-refractivity contribution is -0.136. The van der Waals surface area contributed by atoms with E-state index in [1.807, 2.05) is 37.5 Å². The number of rotatable bonds is 3. The number of nitrogens with one attached hydrogen (secondary N) is 2. The number of aromatic nitrogens is 1. The highest BCUT2D eigenvalue weighted by molar-refractivity contribution is 5.89. The number of carbonyl (C=O) groups is 2. The molecule has 3 rings (SSSR count). The largest absolute Gasteiger partial charge is 0.381 e.